The first-order valence-corrected chi connectivity index (χ1v) is 11.4. The van der Waals surface area contributed by atoms with Crippen molar-refractivity contribution in [3.63, 3.8) is 0 Å². The number of hydrogen-bond acceptors (Lipinski definition) is 5. The van der Waals surface area contributed by atoms with Crippen molar-refractivity contribution >= 4 is 31.8 Å². The third-order valence-corrected chi connectivity index (χ3v) is 7.11. The average Bonchev–Trinajstić information content (AvgIpc) is 3.09. The van der Waals surface area contributed by atoms with Gasteiger partial charge in [-0.3, -0.25) is 0 Å². The lowest BCUT2D eigenvalue weighted by molar-refractivity contribution is -0.0517. The molecule has 0 saturated carbocycles. The molecular formula is C18H21F3O5S2. The van der Waals surface area contributed by atoms with Gasteiger partial charge in [-0.25, -0.2) is 8.42 Å². The van der Waals surface area contributed by atoms with Crippen molar-refractivity contribution in [1.82, 2.24) is 0 Å². The second kappa shape index (κ2) is 9.93. The van der Waals surface area contributed by atoms with Crippen molar-refractivity contribution in [2.45, 2.75) is 22.9 Å². The molecule has 2 aromatic rings. The van der Waals surface area contributed by atoms with Gasteiger partial charge in [0.1, 0.15) is 17.6 Å². The molecular weight excluding hydrogens is 417 g/mol. The van der Waals surface area contributed by atoms with Gasteiger partial charge in [-0.1, -0.05) is 30.3 Å². The lowest BCUT2D eigenvalue weighted by atomic mass is 10.1. The van der Waals surface area contributed by atoms with Gasteiger partial charge in [-0.2, -0.15) is 13.2 Å². The third-order valence-electron chi connectivity index (χ3n) is 4.06. The largest absolute Gasteiger partial charge is 0.741 e. The van der Waals surface area contributed by atoms with E-state index in [-0.39, 0.29) is 0 Å². The Morgan fingerprint density at radius 1 is 1.14 bits per heavy atom. The molecule has 0 aromatic heterocycles. The Labute approximate surface area is 164 Å². The van der Waals surface area contributed by atoms with E-state index in [0.29, 0.717) is 30.2 Å². The van der Waals surface area contributed by atoms with Crippen molar-refractivity contribution in [3.05, 3.63) is 42.5 Å². The van der Waals surface area contributed by atoms with Crippen molar-refractivity contribution in [3.8, 4) is 0 Å². The third kappa shape index (κ3) is 6.35. The maximum Gasteiger partial charge on any atom is 0.485 e. The van der Waals surface area contributed by atoms with Crippen LogP contribution in [-0.2, 0) is 30.5 Å². The molecule has 5 nitrogen and oxygen atoms in total. The van der Waals surface area contributed by atoms with Crippen molar-refractivity contribution in [1.29, 1.82) is 0 Å². The summed E-state index contributed by atoms with van der Waals surface area (Å²) in [5, 5.41) is 2.76. The number of methoxy groups -OCH3 is 1. The molecule has 1 saturated heterocycles. The van der Waals surface area contributed by atoms with Gasteiger partial charge >= 0.3 is 5.51 Å². The Bertz CT molecular complexity index is 866. The molecule has 0 bridgehead atoms. The molecule has 2 atom stereocenters. The molecule has 1 aliphatic rings. The zero-order valence-corrected chi connectivity index (χ0v) is 16.8. The van der Waals surface area contributed by atoms with E-state index in [1.165, 1.54) is 27.8 Å². The van der Waals surface area contributed by atoms with Crippen molar-refractivity contribution in [2.24, 2.45) is 0 Å². The van der Waals surface area contributed by atoms with Crippen LogP contribution in [0.1, 0.15) is 6.42 Å². The number of fused-ring (bicyclic) bond motifs is 1. The molecule has 28 heavy (non-hydrogen) atoms. The fraction of sp³-hybridized carbons (Fsp3) is 0.444. The van der Waals surface area contributed by atoms with Crippen LogP contribution in [0.25, 0.3) is 10.8 Å². The number of rotatable bonds is 5. The van der Waals surface area contributed by atoms with Crippen molar-refractivity contribution in [2.75, 3.05) is 31.8 Å². The van der Waals surface area contributed by atoms with E-state index < -0.39 is 15.6 Å². The summed E-state index contributed by atoms with van der Waals surface area (Å²) >= 11 is 0. The summed E-state index contributed by atoms with van der Waals surface area (Å²) in [7, 11) is -4.04. The van der Waals surface area contributed by atoms with Crippen LogP contribution in [-0.4, -0.2) is 56.4 Å². The van der Waals surface area contributed by atoms with Crippen LogP contribution in [0.2, 0.25) is 0 Å². The van der Waals surface area contributed by atoms with Crippen LogP contribution in [0, 0.1) is 0 Å². The van der Waals surface area contributed by atoms with Gasteiger partial charge in [0.05, 0.1) is 13.2 Å². The minimum absolute atomic E-state index is 0.333. The lowest BCUT2D eigenvalue weighted by Gasteiger charge is -2.08. The fourth-order valence-corrected chi connectivity index (χ4v) is 5.33. The molecule has 1 aliphatic heterocycles. The lowest BCUT2D eigenvalue weighted by Crippen LogP contribution is -2.21. The predicted molar refractivity (Wildman–Crippen MR) is 101 cm³/mol. The summed E-state index contributed by atoms with van der Waals surface area (Å²) in [6, 6.07) is 15.4. The molecule has 156 valence electrons. The van der Waals surface area contributed by atoms with Crippen LogP contribution >= 0.6 is 0 Å². The van der Waals surface area contributed by atoms with E-state index in [1.807, 2.05) is 0 Å². The number of ether oxygens (including phenoxy) is 2. The first kappa shape index (κ1) is 23.0. The van der Waals surface area contributed by atoms with Gasteiger partial charge in [-0.05, 0) is 17.5 Å². The molecule has 10 heteroatoms. The number of benzene rings is 2. The number of alkyl halides is 3. The first-order valence-electron chi connectivity index (χ1n) is 8.41. The van der Waals surface area contributed by atoms with E-state index in [4.69, 9.17) is 22.4 Å². The molecule has 2 aromatic carbocycles. The molecule has 1 fully saturated rings. The predicted octanol–water partition coefficient (Wildman–Crippen LogP) is 3.30. The number of halogens is 3. The van der Waals surface area contributed by atoms with Gasteiger partial charge in [0.25, 0.3) is 0 Å². The van der Waals surface area contributed by atoms with E-state index in [2.05, 4.69) is 42.5 Å². The minimum atomic E-state index is -6.09. The van der Waals surface area contributed by atoms with Gasteiger partial charge in [0.15, 0.2) is 15.0 Å². The van der Waals surface area contributed by atoms with Crippen molar-refractivity contribution < 1.29 is 35.6 Å². The van der Waals surface area contributed by atoms with Crippen LogP contribution < -0.4 is 0 Å². The van der Waals surface area contributed by atoms with Gasteiger partial charge in [0.2, 0.25) is 0 Å². The standard InChI is InChI=1S/C17H21O2S.CHF3O3S/c1-18-10-11-19-15-9-12-20(13-15)17-8-4-6-14-5-2-3-7-16(14)17;2-1(3,4)8(5,6)7/h2-8,15H,9-13H2,1H3;(H,5,6,7)/q+1;/p-1. The molecule has 0 spiro atoms. The summed E-state index contributed by atoms with van der Waals surface area (Å²) in [5.41, 5.74) is -5.65. The Balaban J connectivity index is 0.000000300. The van der Waals surface area contributed by atoms with E-state index >= 15 is 0 Å². The van der Waals surface area contributed by atoms with Crippen LogP contribution in [0.4, 0.5) is 13.2 Å². The molecule has 0 N–H and O–H groups in total. The van der Waals surface area contributed by atoms with Crippen LogP contribution in [0.3, 0.4) is 0 Å². The highest BCUT2D eigenvalue weighted by Crippen LogP contribution is 2.30. The quantitative estimate of drug-likeness (QED) is 0.310. The van der Waals surface area contributed by atoms with E-state index in [0.717, 1.165) is 5.75 Å². The molecule has 2 unspecified atom stereocenters. The SMILES string of the molecule is COCCOC1CC[S+](c2cccc3ccccc23)C1.O=S(=O)([O-])C(F)(F)F. The summed E-state index contributed by atoms with van der Waals surface area (Å²) in [5.74, 6) is 2.42. The second-order valence-electron chi connectivity index (χ2n) is 6.02. The highest BCUT2D eigenvalue weighted by atomic mass is 32.2. The topological polar surface area (TPSA) is 75.7 Å². The van der Waals surface area contributed by atoms with E-state index in [1.54, 1.807) is 7.11 Å². The molecule has 0 amide bonds. The maximum atomic E-state index is 10.7. The van der Waals surface area contributed by atoms with Gasteiger partial charge in [-0.15, -0.1) is 0 Å². The highest BCUT2D eigenvalue weighted by Gasteiger charge is 2.37. The summed E-state index contributed by atoms with van der Waals surface area (Å²) in [6.45, 7) is 1.41. The van der Waals surface area contributed by atoms with E-state index in [9.17, 15) is 13.2 Å². The smallest absolute Gasteiger partial charge is 0.485 e. The zero-order chi connectivity index (χ0) is 20.8. The first-order chi connectivity index (χ1) is 13.1. The monoisotopic (exact) mass is 438 g/mol. The minimum Gasteiger partial charge on any atom is -0.741 e. The maximum absolute atomic E-state index is 10.7. The van der Waals surface area contributed by atoms with Gasteiger partial charge in [0, 0.05) is 29.8 Å². The Hall–Kier alpha value is -1.33. The Kier molecular flexibility index (Phi) is 8.14. The van der Waals surface area contributed by atoms with Gasteiger partial charge < -0.3 is 14.0 Å². The molecule has 3 rings (SSSR count). The summed E-state index contributed by atoms with van der Waals surface area (Å²) in [4.78, 5) is 1.51. The normalized spacial score (nSPS) is 20.0. The summed E-state index contributed by atoms with van der Waals surface area (Å²) < 4.78 is 69.8. The zero-order valence-electron chi connectivity index (χ0n) is 15.1. The Morgan fingerprint density at radius 3 is 2.43 bits per heavy atom. The fourth-order valence-electron chi connectivity index (χ4n) is 2.74. The molecule has 1 heterocycles. The average molecular weight is 438 g/mol. The molecule has 0 aliphatic carbocycles. The van der Waals surface area contributed by atoms with Crippen LogP contribution in [0.15, 0.2) is 47.4 Å². The summed E-state index contributed by atoms with van der Waals surface area (Å²) in [6.07, 6.45) is 1.59. The van der Waals surface area contributed by atoms with Crippen LogP contribution in [0.5, 0.6) is 0 Å². The highest BCUT2D eigenvalue weighted by molar-refractivity contribution is 7.97. The number of hydrogen-bond donors (Lipinski definition) is 0. The molecule has 0 radical (unpaired) electrons. The Morgan fingerprint density at radius 2 is 1.79 bits per heavy atom. The second-order valence-corrected chi connectivity index (χ2v) is 9.55.